The Hall–Kier alpha value is -1.77. The zero-order chi connectivity index (χ0) is 14.3. The standard InChI is InChI=1S/C16H11Cl2NO/c1-9-7-10(5-6-13(9)17)16(20)12-8-19-15-11(12)3-2-4-14(15)18/h2-8,19H,1H3. The minimum Gasteiger partial charge on any atom is -0.359 e. The number of hydrogen-bond acceptors (Lipinski definition) is 1. The number of halogens is 2. The van der Waals surface area contributed by atoms with E-state index in [9.17, 15) is 4.79 Å². The Balaban J connectivity index is 2.13. The summed E-state index contributed by atoms with van der Waals surface area (Å²) >= 11 is 12.1. The zero-order valence-electron chi connectivity index (χ0n) is 10.7. The van der Waals surface area contributed by atoms with Gasteiger partial charge in [0.05, 0.1) is 10.5 Å². The molecule has 0 amide bonds. The van der Waals surface area contributed by atoms with Crippen LogP contribution in [-0.2, 0) is 0 Å². The van der Waals surface area contributed by atoms with Crippen molar-refractivity contribution < 1.29 is 4.79 Å². The number of benzene rings is 2. The van der Waals surface area contributed by atoms with Gasteiger partial charge in [0.15, 0.2) is 5.78 Å². The Labute approximate surface area is 126 Å². The summed E-state index contributed by atoms with van der Waals surface area (Å²) in [4.78, 5) is 15.6. The van der Waals surface area contributed by atoms with Gasteiger partial charge in [-0.3, -0.25) is 4.79 Å². The van der Waals surface area contributed by atoms with E-state index in [1.165, 1.54) is 0 Å². The Morgan fingerprint density at radius 1 is 1.10 bits per heavy atom. The molecule has 0 aliphatic heterocycles. The van der Waals surface area contributed by atoms with E-state index in [0.717, 1.165) is 16.5 Å². The number of carbonyl (C=O) groups is 1. The van der Waals surface area contributed by atoms with Crippen molar-refractivity contribution >= 4 is 39.9 Å². The topological polar surface area (TPSA) is 32.9 Å². The van der Waals surface area contributed by atoms with Crippen LogP contribution in [0.5, 0.6) is 0 Å². The lowest BCUT2D eigenvalue weighted by molar-refractivity contribution is 0.104. The number of aromatic nitrogens is 1. The van der Waals surface area contributed by atoms with Crippen molar-refractivity contribution in [1.29, 1.82) is 0 Å². The maximum absolute atomic E-state index is 12.6. The van der Waals surface area contributed by atoms with Gasteiger partial charge in [0, 0.05) is 27.7 Å². The summed E-state index contributed by atoms with van der Waals surface area (Å²) in [5, 5.41) is 2.09. The van der Waals surface area contributed by atoms with Crippen LogP contribution in [0.3, 0.4) is 0 Å². The third kappa shape index (κ3) is 2.11. The summed E-state index contributed by atoms with van der Waals surface area (Å²) in [6.07, 6.45) is 1.70. The van der Waals surface area contributed by atoms with Gasteiger partial charge in [0.2, 0.25) is 0 Å². The molecule has 0 saturated carbocycles. The number of fused-ring (bicyclic) bond motifs is 1. The fourth-order valence-corrected chi connectivity index (χ4v) is 2.59. The van der Waals surface area contributed by atoms with Gasteiger partial charge in [-0.2, -0.15) is 0 Å². The van der Waals surface area contributed by atoms with Crippen LogP contribution in [0.4, 0.5) is 0 Å². The van der Waals surface area contributed by atoms with E-state index in [0.29, 0.717) is 21.2 Å². The highest BCUT2D eigenvalue weighted by Gasteiger charge is 2.15. The van der Waals surface area contributed by atoms with Gasteiger partial charge < -0.3 is 4.98 Å². The van der Waals surface area contributed by atoms with Crippen LogP contribution >= 0.6 is 23.2 Å². The number of H-pyrrole nitrogens is 1. The summed E-state index contributed by atoms with van der Waals surface area (Å²) in [6, 6.07) is 10.8. The first-order chi connectivity index (χ1) is 9.58. The molecule has 0 aliphatic carbocycles. The summed E-state index contributed by atoms with van der Waals surface area (Å²) in [7, 11) is 0. The third-order valence-corrected chi connectivity index (χ3v) is 4.07. The monoisotopic (exact) mass is 303 g/mol. The molecule has 1 heterocycles. The Morgan fingerprint density at radius 2 is 1.90 bits per heavy atom. The number of nitrogens with one attached hydrogen (secondary N) is 1. The van der Waals surface area contributed by atoms with Crippen LogP contribution in [0.15, 0.2) is 42.6 Å². The highest BCUT2D eigenvalue weighted by atomic mass is 35.5. The van der Waals surface area contributed by atoms with Crippen molar-refractivity contribution in [3.63, 3.8) is 0 Å². The first kappa shape index (κ1) is 13.2. The maximum Gasteiger partial charge on any atom is 0.195 e. The molecule has 0 aliphatic rings. The minimum atomic E-state index is -0.0433. The van der Waals surface area contributed by atoms with E-state index in [4.69, 9.17) is 23.2 Å². The largest absolute Gasteiger partial charge is 0.359 e. The Bertz CT molecular complexity index is 820. The molecule has 1 N–H and O–H groups in total. The fourth-order valence-electron chi connectivity index (χ4n) is 2.25. The predicted octanol–water partition coefficient (Wildman–Crippen LogP) is 5.01. The maximum atomic E-state index is 12.6. The van der Waals surface area contributed by atoms with E-state index < -0.39 is 0 Å². The predicted molar refractivity (Wildman–Crippen MR) is 82.9 cm³/mol. The SMILES string of the molecule is Cc1cc(C(=O)c2c[nH]c3c(Cl)cccc23)ccc1Cl. The van der Waals surface area contributed by atoms with Crippen molar-refractivity contribution in [2.24, 2.45) is 0 Å². The lowest BCUT2D eigenvalue weighted by Crippen LogP contribution is -2.00. The molecule has 0 bridgehead atoms. The first-order valence-electron chi connectivity index (χ1n) is 6.14. The molecule has 20 heavy (non-hydrogen) atoms. The highest BCUT2D eigenvalue weighted by molar-refractivity contribution is 6.36. The number of hydrogen-bond donors (Lipinski definition) is 1. The average Bonchev–Trinajstić information content (AvgIpc) is 2.86. The molecule has 1 aromatic heterocycles. The number of aromatic amines is 1. The lowest BCUT2D eigenvalue weighted by atomic mass is 10.0. The van der Waals surface area contributed by atoms with Crippen molar-refractivity contribution in [3.05, 3.63) is 69.3 Å². The van der Waals surface area contributed by atoms with E-state index in [-0.39, 0.29) is 5.78 Å². The molecular formula is C16H11Cl2NO. The van der Waals surface area contributed by atoms with E-state index in [1.807, 2.05) is 19.1 Å². The normalized spacial score (nSPS) is 10.9. The Kier molecular flexibility index (Phi) is 3.28. The molecule has 0 atom stereocenters. The molecule has 0 unspecified atom stereocenters. The van der Waals surface area contributed by atoms with Crippen LogP contribution < -0.4 is 0 Å². The zero-order valence-corrected chi connectivity index (χ0v) is 12.2. The second-order valence-electron chi connectivity index (χ2n) is 4.66. The molecule has 3 rings (SSSR count). The van der Waals surface area contributed by atoms with Gasteiger partial charge in [0.25, 0.3) is 0 Å². The summed E-state index contributed by atoms with van der Waals surface area (Å²) < 4.78 is 0. The van der Waals surface area contributed by atoms with E-state index in [2.05, 4.69) is 4.98 Å². The van der Waals surface area contributed by atoms with Crippen LogP contribution in [0.2, 0.25) is 10.0 Å². The van der Waals surface area contributed by atoms with Crippen molar-refractivity contribution in [3.8, 4) is 0 Å². The second-order valence-corrected chi connectivity index (χ2v) is 5.47. The Morgan fingerprint density at radius 3 is 2.65 bits per heavy atom. The number of ketones is 1. The summed E-state index contributed by atoms with van der Waals surface area (Å²) in [5.74, 6) is -0.0433. The molecular weight excluding hydrogens is 293 g/mol. The molecule has 0 radical (unpaired) electrons. The van der Waals surface area contributed by atoms with Crippen LogP contribution in [0.25, 0.3) is 10.9 Å². The van der Waals surface area contributed by atoms with Crippen LogP contribution in [0, 0.1) is 6.92 Å². The van der Waals surface area contributed by atoms with Gasteiger partial charge in [-0.1, -0.05) is 35.3 Å². The quantitative estimate of drug-likeness (QED) is 0.663. The number of carbonyl (C=O) groups excluding carboxylic acids is 1. The molecule has 0 spiro atoms. The highest BCUT2D eigenvalue weighted by Crippen LogP contribution is 2.27. The van der Waals surface area contributed by atoms with E-state index >= 15 is 0 Å². The van der Waals surface area contributed by atoms with Gasteiger partial charge in [-0.15, -0.1) is 0 Å². The van der Waals surface area contributed by atoms with Crippen molar-refractivity contribution in [2.45, 2.75) is 6.92 Å². The molecule has 0 saturated heterocycles. The number of rotatable bonds is 2. The van der Waals surface area contributed by atoms with Crippen LogP contribution in [-0.4, -0.2) is 10.8 Å². The van der Waals surface area contributed by atoms with E-state index in [1.54, 1.807) is 30.5 Å². The lowest BCUT2D eigenvalue weighted by Gasteiger charge is -2.03. The van der Waals surface area contributed by atoms with Gasteiger partial charge >= 0.3 is 0 Å². The second kappa shape index (κ2) is 4.97. The fraction of sp³-hybridized carbons (Fsp3) is 0.0625. The van der Waals surface area contributed by atoms with Crippen LogP contribution in [0.1, 0.15) is 21.5 Å². The molecule has 100 valence electrons. The van der Waals surface area contributed by atoms with Crippen molar-refractivity contribution in [1.82, 2.24) is 4.98 Å². The van der Waals surface area contributed by atoms with Crippen molar-refractivity contribution in [2.75, 3.05) is 0 Å². The number of para-hydroxylation sites is 1. The van der Waals surface area contributed by atoms with Gasteiger partial charge in [0.1, 0.15) is 0 Å². The molecule has 2 nitrogen and oxygen atoms in total. The molecule has 0 fully saturated rings. The third-order valence-electron chi connectivity index (χ3n) is 3.33. The average molecular weight is 304 g/mol. The molecule has 4 heteroatoms. The summed E-state index contributed by atoms with van der Waals surface area (Å²) in [5.41, 5.74) is 2.90. The number of aryl methyl sites for hydroxylation is 1. The first-order valence-corrected chi connectivity index (χ1v) is 6.90. The molecule has 2 aromatic carbocycles. The minimum absolute atomic E-state index is 0.0433. The summed E-state index contributed by atoms with van der Waals surface area (Å²) in [6.45, 7) is 1.88. The molecule has 3 aromatic rings. The van der Waals surface area contributed by atoms with Gasteiger partial charge in [-0.25, -0.2) is 0 Å². The van der Waals surface area contributed by atoms with Gasteiger partial charge in [-0.05, 0) is 36.8 Å². The smallest absolute Gasteiger partial charge is 0.195 e.